The smallest absolute Gasteiger partial charge is 0.145 e. The molecule has 0 atom stereocenters. The van der Waals surface area contributed by atoms with Crippen molar-refractivity contribution in [2.75, 3.05) is 5.73 Å². The van der Waals surface area contributed by atoms with Crippen molar-refractivity contribution in [1.82, 2.24) is 10.2 Å². The maximum absolute atomic E-state index is 5.57. The molecule has 0 unspecified atom stereocenters. The Morgan fingerprint density at radius 1 is 1.25 bits per heavy atom. The molecule has 0 saturated carbocycles. The molecule has 16 heavy (non-hydrogen) atoms. The van der Waals surface area contributed by atoms with E-state index in [0.29, 0.717) is 5.82 Å². The highest BCUT2D eigenvalue weighted by Gasteiger charge is 2.05. The lowest BCUT2D eigenvalue weighted by Crippen LogP contribution is -1.81. The second-order valence-electron chi connectivity index (χ2n) is 3.82. The number of nitrogens with one attached hydrogen (secondary N) is 1. The van der Waals surface area contributed by atoms with E-state index in [-0.39, 0.29) is 0 Å². The maximum Gasteiger partial charge on any atom is 0.145 e. The first-order chi connectivity index (χ1) is 7.72. The van der Waals surface area contributed by atoms with Gasteiger partial charge in [-0.15, -0.1) is 0 Å². The number of anilines is 1. The first-order valence-corrected chi connectivity index (χ1v) is 5.04. The highest BCUT2D eigenvalue weighted by Crippen LogP contribution is 2.25. The Morgan fingerprint density at radius 2 is 2.12 bits per heavy atom. The van der Waals surface area contributed by atoms with Gasteiger partial charge in [0, 0.05) is 17.0 Å². The van der Waals surface area contributed by atoms with E-state index in [0.717, 1.165) is 28.0 Å². The van der Waals surface area contributed by atoms with E-state index in [1.54, 1.807) is 0 Å². The molecule has 0 fully saturated rings. The quantitative estimate of drug-likeness (QED) is 0.653. The van der Waals surface area contributed by atoms with E-state index >= 15 is 0 Å². The van der Waals surface area contributed by atoms with Gasteiger partial charge >= 0.3 is 0 Å². The monoisotopic (exact) mass is 213 g/mol. The summed E-state index contributed by atoms with van der Waals surface area (Å²) in [7, 11) is 0. The second kappa shape index (κ2) is 3.13. The Kier molecular flexibility index (Phi) is 1.77. The van der Waals surface area contributed by atoms with Crippen molar-refractivity contribution in [3.63, 3.8) is 0 Å². The molecular formula is C12H11N3O. The molecule has 2 aromatic heterocycles. The van der Waals surface area contributed by atoms with Crippen molar-refractivity contribution in [2.24, 2.45) is 0 Å². The van der Waals surface area contributed by atoms with Gasteiger partial charge in [0.05, 0.1) is 5.69 Å². The van der Waals surface area contributed by atoms with Gasteiger partial charge in [-0.05, 0) is 31.2 Å². The van der Waals surface area contributed by atoms with Crippen molar-refractivity contribution in [2.45, 2.75) is 6.92 Å². The van der Waals surface area contributed by atoms with Crippen LogP contribution in [-0.4, -0.2) is 10.2 Å². The van der Waals surface area contributed by atoms with Crippen molar-refractivity contribution in [1.29, 1.82) is 0 Å². The van der Waals surface area contributed by atoms with Gasteiger partial charge in [0.25, 0.3) is 0 Å². The number of benzene rings is 1. The van der Waals surface area contributed by atoms with E-state index in [2.05, 4.69) is 16.3 Å². The number of aromatic amines is 1. The van der Waals surface area contributed by atoms with Crippen LogP contribution in [0.15, 0.2) is 34.7 Å². The first-order valence-electron chi connectivity index (χ1n) is 5.04. The lowest BCUT2D eigenvalue weighted by atomic mass is 10.1. The summed E-state index contributed by atoms with van der Waals surface area (Å²) in [6.07, 6.45) is 0. The summed E-state index contributed by atoms with van der Waals surface area (Å²) < 4.78 is 5.51. The highest BCUT2D eigenvalue weighted by atomic mass is 16.3. The number of hydrogen-bond acceptors (Lipinski definition) is 3. The molecule has 3 N–H and O–H groups in total. The zero-order valence-electron chi connectivity index (χ0n) is 8.82. The van der Waals surface area contributed by atoms with Crippen LogP contribution in [0.25, 0.3) is 22.2 Å². The predicted molar refractivity (Wildman–Crippen MR) is 62.9 cm³/mol. The molecule has 0 aliphatic carbocycles. The minimum absolute atomic E-state index is 0.499. The Labute approximate surface area is 92.1 Å². The lowest BCUT2D eigenvalue weighted by Gasteiger charge is -1.96. The van der Waals surface area contributed by atoms with Gasteiger partial charge in [-0.1, -0.05) is 0 Å². The van der Waals surface area contributed by atoms with Gasteiger partial charge in [0.15, 0.2) is 0 Å². The average molecular weight is 213 g/mol. The van der Waals surface area contributed by atoms with Crippen LogP contribution in [-0.2, 0) is 0 Å². The molecule has 0 amide bonds. The van der Waals surface area contributed by atoms with Crippen LogP contribution in [0, 0.1) is 6.92 Å². The Morgan fingerprint density at radius 3 is 2.88 bits per heavy atom. The van der Waals surface area contributed by atoms with Crippen molar-refractivity contribution in [3.8, 4) is 11.3 Å². The third kappa shape index (κ3) is 1.35. The molecule has 0 bridgehead atoms. The minimum atomic E-state index is 0.499. The molecule has 0 radical (unpaired) electrons. The van der Waals surface area contributed by atoms with E-state index in [9.17, 15) is 0 Å². The fourth-order valence-electron chi connectivity index (χ4n) is 1.83. The third-order valence-corrected chi connectivity index (χ3v) is 2.55. The van der Waals surface area contributed by atoms with Crippen LogP contribution in [0.2, 0.25) is 0 Å². The molecule has 0 aliphatic heterocycles. The van der Waals surface area contributed by atoms with Crippen LogP contribution in [0.5, 0.6) is 0 Å². The average Bonchev–Trinajstić information content (AvgIpc) is 2.81. The van der Waals surface area contributed by atoms with Gasteiger partial charge in [-0.3, -0.25) is 5.10 Å². The molecule has 2 heterocycles. The maximum atomic E-state index is 5.57. The third-order valence-electron chi connectivity index (χ3n) is 2.55. The van der Waals surface area contributed by atoms with Gasteiger partial charge in [0.2, 0.25) is 0 Å². The zero-order valence-corrected chi connectivity index (χ0v) is 8.82. The van der Waals surface area contributed by atoms with E-state index in [1.807, 2.05) is 31.2 Å². The van der Waals surface area contributed by atoms with Crippen molar-refractivity contribution in [3.05, 3.63) is 36.1 Å². The first kappa shape index (κ1) is 9.03. The number of aromatic nitrogens is 2. The van der Waals surface area contributed by atoms with Gasteiger partial charge in [0.1, 0.15) is 17.2 Å². The van der Waals surface area contributed by atoms with Crippen LogP contribution >= 0.6 is 0 Å². The summed E-state index contributed by atoms with van der Waals surface area (Å²) in [4.78, 5) is 0. The SMILES string of the molecule is Cc1cc2cc(-c3cc(N)n[nH]3)ccc2o1. The number of aryl methyl sites for hydroxylation is 1. The number of nitrogen functional groups attached to an aromatic ring is 1. The van der Waals surface area contributed by atoms with Crippen LogP contribution in [0.4, 0.5) is 5.82 Å². The lowest BCUT2D eigenvalue weighted by molar-refractivity contribution is 0.578. The molecule has 80 valence electrons. The number of rotatable bonds is 1. The topological polar surface area (TPSA) is 67.8 Å². The molecule has 3 aromatic rings. The molecule has 1 aromatic carbocycles. The molecule has 3 rings (SSSR count). The Balaban J connectivity index is 2.17. The van der Waals surface area contributed by atoms with Crippen molar-refractivity contribution < 1.29 is 4.42 Å². The Bertz CT molecular complexity index is 651. The number of fused-ring (bicyclic) bond motifs is 1. The highest BCUT2D eigenvalue weighted by molar-refractivity contribution is 5.83. The van der Waals surface area contributed by atoms with E-state index < -0.39 is 0 Å². The number of nitrogens with zero attached hydrogens (tertiary/aromatic N) is 1. The van der Waals surface area contributed by atoms with Crippen molar-refractivity contribution >= 4 is 16.8 Å². The largest absolute Gasteiger partial charge is 0.461 e. The molecule has 4 heteroatoms. The summed E-state index contributed by atoms with van der Waals surface area (Å²) in [5.74, 6) is 1.41. The fourth-order valence-corrected chi connectivity index (χ4v) is 1.83. The minimum Gasteiger partial charge on any atom is -0.461 e. The van der Waals surface area contributed by atoms with Crippen LogP contribution in [0.3, 0.4) is 0 Å². The van der Waals surface area contributed by atoms with Gasteiger partial charge in [-0.25, -0.2) is 0 Å². The predicted octanol–water partition coefficient (Wildman–Crippen LogP) is 2.71. The normalized spacial score (nSPS) is 11.1. The molecule has 0 spiro atoms. The molecule has 4 nitrogen and oxygen atoms in total. The summed E-state index contributed by atoms with van der Waals surface area (Å²) in [6.45, 7) is 1.94. The van der Waals surface area contributed by atoms with E-state index in [4.69, 9.17) is 10.2 Å². The zero-order chi connectivity index (χ0) is 11.1. The van der Waals surface area contributed by atoms with E-state index in [1.165, 1.54) is 0 Å². The number of nitrogens with two attached hydrogens (primary N) is 1. The number of H-pyrrole nitrogens is 1. The van der Waals surface area contributed by atoms with Crippen LogP contribution < -0.4 is 5.73 Å². The summed E-state index contributed by atoms with van der Waals surface area (Å²) in [5.41, 5.74) is 8.44. The number of furan rings is 1. The summed E-state index contributed by atoms with van der Waals surface area (Å²) in [6, 6.07) is 9.82. The van der Waals surface area contributed by atoms with Gasteiger partial charge in [-0.2, -0.15) is 5.10 Å². The standard InChI is InChI=1S/C12H11N3O/c1-7-4-9-5-8(2-3-11(9)16-7)10-6-12(13)15-14-10/h2-6H,1H3,(H3,13,14,15). The number of hydrogen-bond donors (Lipinski definition) is 2. The fraction of sp³-hybridized carbons (Fsp3) is 0.0833. The molecule has 0 saturated heterocycles. The second-order valence-corrected chi connectivity index (χ2v) is 3.82. The Hall–Kier alpha value is -2.23. The van der Waals surface area contributed by atoms with Crippen LogP contribution in [0.1, 0.15) is 5.76 Å². The molecular weight excluding hydrogens is 202 g/mol. The van der Waals surface area contributed by atoms with Gasteiger partial charge < -0.3 is 10.2 Å². The summed E-state index contributed by atoms with van der Waals surface area (Å²) >= 11 is 0. The molecule has 0 aliphatic rings. The summed E-state index contributed by atoms with van der Waals surface area (Å²) in [5, 5.41) is 7.88.